The van der Waals surface area contributed by atoms with Gasteiger partial charge in [-0.05, 0) is 39.3 Å². The van der Waals surface area contributed by atoms with Crippen LogP contribution in [0.2, 0.25) is 0 Å². The fourth-order valence-corrected chi connectivity index (χ4v) is 3.14. The van der Waals surface area contributed by atoms with Gasteiger partial charge in [-0.3, -0.25) is 0 Å². The van der Waals surface area contributed by atoms with Crippen LogP contribution < -0.4 is 0 Å². The van der Waals surface area contributed by atoms with Crippen molar-refractivity contribution in [2.75, 3.05) is 14.1 Å². The molecule has 0 aromatic rings. The van der Waals surface area contributed by atoms with Gasteiger partial charge in [-0.2, -0.15) is 0 Å². The average molecular weight is 213 g/mol. The summed E-state index contributed by atoms with van der Waals surface area (Å²) >= 11 is 0. The molecule has 1 aliphatic carbocycles. The van der Waals surface area contributed by atoms with Gasteiger partial charge in [0, 0.05) is 5.54 Å². The zero-order valence-corrected chi connectivity index (χ0v) is 10.8. The summed E-state index contributed by atoms with van der Waals surface area (Å²) in [5, 5.41) is 10.5. The van der Waals surface area contributed by atoms with E-state index in [0.29, 0.717) is 5.92 Å². The third kappa shape index (κ3) is 2.54. The van der Waals surface area contributed by atoms with Gasteiger partial charge in [-0.15, -0.1) is 0 Å². The Kier molecular flexibility index (Phi) is 4.60. The minimum Gasteiger partial charge on any atom is -0.391 e. The Morgan fingerprint density at radius 1 is 1.27 bits per heavy atom. The molecular weight excluding hydrogens is 186 g/mol. The molecular formula is C13H27NO. The van der Waals surface area contributed by atoms with Crippen molar-refractivity contribution in [1.29, 1.82) is 0 Å². The van der Waals surface area contributed by atoms with Crippen LogP contribution in [-0.4, -0.2) is 35.7 Å². The fraction of sp³-hybridized carbons (Fsp3) is 1.00. The van der Waals surface area contributed by atoms with E-state index in [1.54, 1.807) is 0 Å². The molecule has 90 valence electrons. The van der Waals surface area contributed by atoms with E-state index in [4.69, 9.17) is 0 Å². The van der Waals surface area contributed by atoms with Crippen LogP contribution >= 0.6 is 0 Å². The van der Waals surface area contributed by atoms with Gasteiger partial charge in [0.2, 0.25) is 0 Å². The summed E-state index contributed by atoms with van der Waals surface area (Å²) < 4.78 is 0. The van der Waals surface area contributed by atoms with E-state index in [-0.39, 0.29) is 11.6 Å². The van der Waals surface area contributed by atoms with Crippen molar-refractivity contribution in [3.8, 4) is 0 Å². The highest BCUT2D eigenvalue weighted by atomic mass is 16.3. The third-order valence-corrected chi connectivity index (χ3v) is 4.19. The van der Waals surface area contributed by atoms with Gasteiger partial charge in [0.15, 0.2) is 0 Å². The second-order valence-electron chi connectivity index (χ2n) is 5.42. The van der Waals surface area contributed by atoms with Crippen LogP contribution in [-0.2, 0) is 0 Å². The number of nitrogens with zero attached hydrogens (tertiary/aromatic N) is 1. The van der Waals surface area contributed by atoms with Crippen molar-refractivity contribution in [3.63, 3.8) is 0 Å². The van der Waals surface area contributed by atoms with Gasteiger partial charge in [-0.1, -0.05) is 33.1 Å². The molecule has 2 heteroatoms. The Hall–Kier alpha value is -0.0800. The molecule has 2 atom stereocenters. The molecule has 0 saturated heterocycles. The standard InChI is InChI=1S/C13H27NO/c1-5-8-11(2)12(15)13(14(3)4)9-6-7-10-13/h11-12,15H,5-10H2,1-4H3. The summed E-state index contributed by atoms with van der Waals surface area (Å²) in [6, 6.07) is 0. The summed E-state index contributed by atoms with van der Waals surface area (Å²) in [5.74, 6) is 0.426. The first-order valence-electron chi connectivity index (χ1n) is 6.40. The highest BCUT2D eigenvalue weighted by Crippen LogP contribution is 2.39. The zero-order valence-electron chi connectivity index (χ0n) is 10.8. The number of likely N-dealkylation sites (N-methyl/N-ethyl adjacent to an activating group) is 1. The molecule has 0 bridgehead atoms. The summed E-state index contributed by atoms with van der Waals surface area (Å²) in [4.78, 5) is 2.26. The van der Waals surface area contributed by atoms with Crippen LogP contribution in [0.25, 0.3) is 0 Å². The maximum atomic E-state index is 10.5. The smallest absolute Gasteiger partial charge is 0.0749 e. The Morgan fingerprint density at radius 2 is 1.80 bits per heavy atom. The van der Waals surface area contributed by atoms with Crippen LogP contribution in [0.15, 0.2) is 0 Å². The van der Waals surface area contributed by atoms with E-state index in [9.17, 15) is 5.11 Å². The Morgan fingerprint density at radius 3 is 2.20 bits per heavy atom. The van der Waals surface area contributed by atoms with E-state index in [1.807, 2.05) is 0 Å². The Labute approximate surface area is 94.7 Å². The van der Waals surface area contributed by atoms with E-state index >= 15 is 0 Å². The van der Waals surface area contributed by atoms with E-state index in [2.05, 4.69) is 32.8 Å². The van der Waals surface area contributed by atoms with Crippen molar-refractivity contribution < 1.29 is 5.11 Å². The van der Waals surface area contributed by atoms with Gasteiger partial charge in [-0.25, -0.2) is 0 Å². The summed E-state index contributed by atoms with van der Waals surface area (Å²) in [6.07, 6.45) is 7.01. The molecule has 0 aromatic carbocycles. The lowest BCUT2D eigenvalue weighted by Gasteiger charge is -2.43. The molecule has 1 fully saturated rings. The minimum absolute atomic E-state index is 0.0641. The number of aliphatic hydroxyl groups excluding tert-OH is 1. The van der Waals surface area contributed by atoms with Gasteiger partial charge in [0.05, 0.1) is 6.10 Å². The normalized spacial score (nSPS) is 24.4. The lowest BCUT2D eigenvalue weighted by Crippen LogP contribution is -2.54. The van der Waals surface area contributed by atoms with Gasteiger partial charge >= 0.3 is 0 Å². The minimum atomic E-state index is -0.157. The lowest BCUT2D eigenvalue weighted by molar-refractivity contribution is -0.0362. The molecule has 1 saturated carbocycles. The molecule has 0 heterocycles. The third-order valence-electron chi connectivity index (χ3n) is 4.19. The fourth-order valence-electron chi connectivity index (χ4n) is 3.14. The topological polar surface area (TPSA) is 23.5 Å². The molecule has 1 N–H and O–H groups in total. The molecule has 0 aliphatic heterocycles. The number of hydrogen-bond donors (Lipinski definition) is 1. The molecule has 0 aromatic heterocycles. The van der Waals surface area contributed by atoms with Crippen LogP contribution in [0.5, 0.6) is 0 Å². The van der Waals surface area contributed by atoms with Crippen molar-refractivity contribution in [3.05, 3.63) is 0 Å². The first-order valence-corrected chi connectivity index (χ1v) is 6.40. The molecule has 0 radical (unpaired) electrons. The van der Waals surface area contributed by atoms with Crippen LogP contribution in [0.3, 0.4) is 0 Å². The van der Waals surface area contributed by atoms with E-state index in [0.717, 1.165) is 19.3 Å². The van der Waals surface area contributed by atoms with Crippen LogP contribution in [0, 0.1) is 5.92 Å². The molecule has 2 unspecified atom stereocenters. The van der Waals surface area contributed by atoms with Crippen LogP contribution in [0.1, 0.15) is 52.4 Å². The quantitative estimate of drug-likeness (QED) is 0.759. The van der Waals surface area contributed by atoms with Gasteiger partial charge in [0.25, 0.3) is 0 Å². The van der Waals surface area contributed by atoms with Crippen molar-refractivity contribution in [2.45, 2.75) is 64.0 Å². The summed E-state index contributed by atoms with van der Waals surface area (Å²) in [6.45, 7) is 4.39. The lowest BCUT2D eigenvalue weighted by atomic mass is 9.80. The maximum absolute atomic E-state index is 10.5. The zero-order chi connectivity index (χ0) is 11.5. The van der Waals surface area contributed by atoms with E-state index < -0.39 is 0 Å². The van der Waals surface area contributed by atoms with E-state index in [1.165, 1.54) is 19.3 Å². The highest BCUT2D eigenvalue weighted by Gasteiger charge is 2.44. The Bertz CT molecular complexity index is 185. The first kappa shape index (κ1) is 13.0. The first-order chi connectivity index (χ1) is 7.04. The predicted octanol–water partition coefficient (Wildman–Crippen LogP) is 2.66. The number of aliphatic hydroxyl groups is 1. The second kappa shape index (κ2) is 5.31. The van der Waals surface area contributed by atoms with Crippen LogP contribution in [0.4, 0.5) is 0 Å². The van der Waals surface area contributed by atoms with Crippen molar-refractivity contribution >= 4 is 0 Å². The second-order valence-corrected chi connectivity index (χ2v) is 5.42. The molecule has 2 nitrogen and oxygen atoms in total. The van der Waals surface area contributed by atoms with Gasteiger partial charge < -0.3 is 10.0 Å². The van der Waals surface area contributed by atoms with Gasteiger partial charge in [0.1, 0.15) is 0 Å². The maximum Gasteiger partial charge on any atom is 0.0749 e. The predicted molar refractivity (Wildman–Crippen MR) is 65.0 cm³/mol. The average Bonchev–Trinajstić information content (AvgIpc) is 2.66. The number of rotatable bonds is 5. The van der Waals surface area contributed by atoms with Crippen molar-refractivity contribution in [1.82, 2.24) is 4.90 Å². The highest BCUT2D eigenvalue weighted by molar-refractivity contribution is 4.99. The molecule has 1 rings (SSSR count). The molecule has 0 spiro atoms. The largest absolute Gasteiger partial charge is 0.391 e. The summed E-state index contributed by atoms with van der Waals surface area (Å²) in [5.41, 5.74) is 0.0641. The SMILES string of the molecule is CCCC(C)C(O)C1(N(C)C)CCCC1. The summed E-state index contributed by atoms with van der Waals surface area (Å²) in [7, 11) is 4.24. The molecule has 15 heavy (non-hydrogen) atoms. The van der Waals surface area contributed by atoms with Crippen molar-refractivity contribution in [2.24, 2.45) is 5.92 Å². The molecule has 0 amide bonds. The number of hydrogen-bond acceptors (Lipinski definition) is 2. The molecule has 1 aliphatic rings. The monoisotopic (exact) mass is 213 g/mol. The Balaban J connectivity index is 2.71.